The van der Waals surface area contributed by atoms with Crippen LogP contribution in [0, 0.1) is 3.57 Å². The van der Waals surface area contributed by atoms with E-state index < -0.39 is 17.9 Å². The van der Waals surface area contributed by atoms with Gasteiger partial charge in [-0.1, -0.05) is 0 Å². The van der Waals surface area contributed by atoms with E-state index in [0.29, 0.717) is 5.69 Å². The average molecular weight is 516 g/mol. The molecule has 152 valence electrons. The van der Waals surface area contributed by atoms with Crippen molar-refractivity contribution in [3.63, 3.8) is 0 Å². The van der Waals surface area contributed by atoms with Gasteiger partial charge in [0.15, 0.2) is 0 Å². The molecule has 10 heteroatoms. The first-order chi connectivity index (χ1) is 13.8. The van der Waals surface area contributed by atoms with Crippen LogP contribution in [0.2, 0.25) is 0 Å². The maximum absolute atomic E-state index is 13.0. The third kappa shape index (κ3) is 4.04. The lowest BCUT2D eigenvalue weighted by Gasteiger charge is -2.21. The minimum absolute atomic E-state index is 0.134. The number of anilines is 2. The Labute approximate surface area is 178 Å². The van der Waals surface area contributed by atoms with Gasteiger partial charge in [0.1, 0.15) is 5.75 Å². The highest BCUT2D eigenvalue weighted by atomic mass is 127. The Bertz CT molecular complexity index is 1020. The van der Waals surface area contributed by atoms with Gasteiger partial charge in [-0.15, -0.1) is 5.10 Å². The second kappa shape index (κ2) is 7.48. The largest absolute Gasteiger partial charge is 0.496 e. The number of amides is 1. The number of carbonyl (C=O) groups excluding carboxylic acids is 1. The number of methoxy groups -OCH3 is 1. The Kier molecular flexibility index (Phi) is 5.15. The molecule has 0 fully saturated rings. The van der Waals surface area contributed by atoms with Gasteiger partial charge in [-0.05, 0) is 77.0 Å². The fourth-order valence-electron chi connectivity index (χ4n) is 3.32. The Morgan fingerprint density at radius 1 is 1.31 bits per heavy atom. The molecule has 0 atom stereocenters. The molecular formula is C19H16F3IN4O2. The van der Waals surface area contributed by atoms with Crippen LogP contribution in [0.15, 0.2) is 35.4 Å². The topological polar surface area (TPSA) is 65.7 Å². The average Bonchev–Trinajstić information content (AvgIpc) is 3.48. The monoisotopic (exact) mass is 516 g/mol. The van der Waals surface area contributed by atoms with E-state index in [1.54, 1.807) is 0 Å². The summed E-state index contributed by atoms with van der Waals surface area (Å²) in [6.45, 7) is 1.53. The van der Waals surface area contributed by atoms with Gasteiger partial charge in [0.05, 0.1) is 18.4 Å². The van der Waals surface area contributed by atoms with Crippen molar-refractivity contribution in [2.24, 2.45) is 5.10 Å². The lowest BCUT2D eigenvalue weighted by molar-refractivity contribution is -0.0563. The van der Waals surface area contributed by atoms with Crippen LogP contribution < -0.4 is 20.4 Å². The molecular weight excluding hydrogens is 500 g/mol. The second-order valence-corrected chi connectivity index (χ2v) is 7.84. The number of carbonyl (C=O) groups is 1. The smallest absolute Gasteiger partial charge is 0.453 e. The van der Waals surface area contributed by atoms with E-state index in [9.17, 15) is 18.0 Å². The van der Waals surface area contributed by atoms with Crippen molar-refractivity contribution < 1.29 is 22.7 Å². The Morgan fingerprint density at radius 2 is 2.10 bits per heavy atom. The first-order valence-electron chi connectivity index (χ1n) is 8.75. The fraction of sp³-hybridized carbons (Fsp3) is 0.263. The molecule has 2 heterocycles. The van der Waals surface area contributed by atoms with E-state index in [0.717, 1.165) is 39.2 Å². The SMILES string of the molecule is COc1ccc(N2N=C2C(F)(F)F)cc1C(=O)Nc1cc(I)cc2c1CCNC2. The number of hydrogen-bond acceptors (Lipinski definition) is 5. The van der Waals surface area contributed by atoms with Crippen molar-refractivity contribution in [3.05, 3.63) is 50.6 Å². The minimum atomic E-state index is -4.53. The lowest BCUT2D eigenvalue weighted by Crippen LogP contribution is -2.26. The zero-order valence-corrected chi connectivity index (χ0v) is 17.4. The summed E-state index contributed by atoms with van der Waals surface area (Å²) in [5.74, 6) is -1.18. The molecule has 2 aliphatic rings. The number of benzene rings is 2. The highest BCUT2D eigenvalue weighted by Crippen LogP contribution is 2.36. The number of alkyl halides is 3. The lowest BCUT2D eigenvalue weighted by atomic mass is 9.99. The number of hydrogen-bond donors (Lipinski definition) is 2. The number of ether oxygens (including phenoxy) is 1. The van der Waals surface area contributed by atoms with Crippen LogP contribution in [0.4, 0.5) is 24.5 Å². The predicted molar refractivity (Wildman–Crippen MR) is 111 cm³/mol. The van der Waals surface area contributed by atoms with Crippen molar-refractivity contribution in [2.45, 2.75) is 19.1 Å². The molecule has 0 saturated heterocycles. The van der Waals surface area contributed by atoms with Crippen molar-refractivity contribution in [2.75, 3.05) is 24.0 Å². The van der Waals surface area contributed by atoms with E-state index >= 15 is 0 Å². The van der Waals surface area contributed by atoms with Gasteiger partial charge < -0.3 is 15.4 Å². The van der Waals surface area contributed by atoms with Crippen LogP contribution in [0.3, 0.4) is 0 Å². The zero-order chi connectivity index (χ0) is 20.8. The van der Waals surface area contributed by atoms with Gasteiger partial charge in [-0.2, -0.15) is 13.2 Å². The quantitative estimate of drug-likeness (QED) is 0.606. The van der Waals surface area contributed by atoms with Crippen molar-refractivity contribution in [1.29, 1.82) is 0 Å². The summed E-state index contributed by atoms with van der Waals surface area (Å²) in [5.41, 5.74) is 3.16. The first kappa shape index (κ1) is 20.0. The summed E-state index contributed by atoms with van der Waals surface area (Å²) in [4.78, 5) is 13.0. The number of nitrogens with zero attached hydrogens (tertiary/aromatic N) is 2. The Balaban J connectivity index is 1.62. The van der Waals surface area contributed by atoms with Gasteiger partial charge in [0, 0.05) is 15.8 Å². The third-order valence-electron chi connectivity index (χ3n) is 4.70. The zero-order valence-electron chi connectivity index (χ0n) is 15.2. The molecule has 2 aromatic carbocycles. The summed E-state index contributed by atoms with van der Waals surface area (Å²) in [7, 11) is 1.40. The fourth-order valence-corrected chi connectivity index (χ4v) is 4.01. The van der Waals surface area contributed by atoms with Crippen molar-refractivity contribution in [1.82, 2.24) is 5.32 Å². The molecule has 4 rings (SSSR count). The van der Waals surface area contributed by atoms with Gasteiger partial charge in [-0.3, -0.25) is 4.79 Å². The van der Waals surface area contributed by atoms with Gasteiger partial charge in [0.25, 0.3) is 11.7 Å². The maximum Gasteiger partial charge on any atom is 0.453 e. The highest BCUT2D eigenvalue weighted by molar-refractivity contribution is 14.1. The van der Waals surface area contributed by atoms with Crippen molar-refractivity contribution >= 4 is 45.7 Å². The Morgan fingerprint density at radius 3 is 2.79 bits per heavy atom. The van der Waals surface area contributed by atoms with E-state index in [-0.39, 0.29) is 17.0 Å². The van der Waals surface area contributed by atoms with Gasteiger partial charge in [0.2, 0.25) is 0 Å². The second-order valence-electron chi connectivity index (χ2n) is 6.59. The molecule has 0 radical (unpaired) electrons. The molecule has 0 aromatic heterocycles. The molecule has 29 heavy (non-hydrogen) atoms. The normalized spacial score (nSPS) is 15.5. The molecule has 0 spiro atoms. The van der Waals surface area contributed by atoms with Gasteiger partial charge in [-0.25, -0.2) is 5.01 Å². The number of halogens is 4. The molecule has 0 saturated carbocycles. The number of fused-ring (bicyclic) bond motifs is 1. The number of amidine groups is 1. The molecule has 0 bridgehead atoms. The van der Waals surface area contributed by atoms with Crippen LogP contribution >= 0.6 is 22.6 Å². The van der Waals surface area contributed by atoms with E-state index in [1.807, 2.05) is 6.07 Å². The summed E-state index contributed by atoms with van der Waals surface area (Å²) in [6.07, 6.45) is -3.76. The first-order valence-corrected chi connectivity index (χ1v) is 9.83. The third-order valence-corrected chi connectivity index (χ3v) is 5.33. The standard InChI is InChI=1S/C19H16F3IN4O2/c1-29-16-3-2-12(27-18(26-27)19(20,21)22)8-14(16)17(28)25-15-7-11(23)6-10-9-24-5-4-13(10)15/h2-3,6-8,24H,4-5,9H2,1H3,(H,25,28). The molecule has 2 aliphatic heterocycles. The van der Waals surface area contributed by atoms with Crippen LogP contribution in [0.25, 0.3) is 0 Å². The van der Waals surface area contributed by atoms with Crippen LogP contribution in [-0.4, -0.2) is 31.6 Å². The highest BCUT2D eigenvalue weighted by Gasteiger charge is 2.49. The van der Waals surface area contributed by atoms with Crippen LogP contribution in [-0.2, 0) is 13.0 Å². The number of rotatable bonds is 4. The molecule has 6 nitrogen and oxygen atoms in total. The van der Waals surface area contributed by atoms with Crippen LogP contribution in [0.1, 0.15) is 21.5 Å². The number of hydrazone groups is 1. The molecule has 2 N–H and O–H groups in total. The summed E-state index contributed by atoms with van der Waals surface area (Å²) in [5, 5.41) is 10.3. The molecule has 2 aromatic rings. The van der Waals surface area contributed by atoms with E-state index in [1.165, 1.54) is 25.3 Å². The van der Waals surface area contributed by atoms with E-state index in [4.69, 9.17) is 4.74 Å². The maximum atomic E-state index is 13.0. The summed E-state index contributed by atoms with van der Waals surface area (Å²) >= 11 is 2.19. The number of nitrogens with one attached hydrogen (secondary N) is 2. The minimum Gasteiger partial charge on any atom is -0.496 e. The summed E-state index contributed by atoms with van der Waals surface area (Å²) in [6, 6.07) is 8.18. The summed E-state index contributed by atoms with van der Waals surface area (Å²) < 4.78 is 44.6. The predicted octanol–water partition coefficient (Wildman–Crippen LogP) is 3.89. The van der Waals surface area contributed by atoms with Gasteiger partial charge >= 0.3 is 6.18 Å². The Hall–Kier alpha value is -2.34. The molecule has 1 amide bonds. The molecule has 0 aliphatic carbocycles. The van der Waals surface area contributed by atoms with Crippen molar-refractivity contribution in [3.8, 4) is 5.75 Å². The van der Waals surface area contributed by atoms with E-state index in [2.05, 4.69) is 44.4 Å². The van der Waals surface area contributed by atoms with Crippen LogP contribution in [0.5, 0.6) is 5.75 Å². The molecule has 0 unspecified atom stereocenters.